The average Bonchev–Trinajstić information content (AvgIpc) is 1.59. The van der Waals surface area contributed by atoms with E-state index in [0.717, 1.165) is 0 Å². The van der Waals surface area contributed by atoms with Crippen LogP contribution in [0.3, 0.4) is 0 Å². The fourth-order valence-corrected chi connectivity index (χ4v) is 0.865. The Balaban J connectivity index is 2.43. The number of amides is 1. The van der Waals surface area contributed by atoms with Crippen molar-refractivity contribution in [1.29, 1.82) is 0 Å². The monoisotopic (exact) mass is 130 g/mol. The summed E-state index contributed by atoms with van der Waals surface area (Å²) in [5.41, 5.74) is 0. The summed E-state index contributed by atoms with van der Waals surface area (Å²) in [6.07, 6.45) is -0.625. The molecule has 0 radical (unpaired) electrons. The highest BCUT2D eigenvalue weighted by Gasteiger charge is 2.19. The second-order valence-electron chi connectivity index (χ2n) is 2.18. The highest BCUT2D eigenvalue weighted by atomic mass is 16.3. The number of carbonyl (C=O) groups excluding carboxylic acids is 1. The zero-order valence-corrected chi connectivity index (χ0v) is 5.22. The molecule has 0 saturated carbocycles. The van der Waals surface area contributed by atoms with Gasteiger partial charge in [-0.3, -0.25) is 10.1 Å². The van der Waals surface area contributed by atoms with Crippen LogP contribution < -0.4 is 10.6 Å². The summed E-state index contributed by atoms with van der Waals surface area (Å²) in [4.78, 5) is 10.6. The van der Waals surface area contributed by atoms with E-state index in [-0.39, 0.29) is 18.5 Å². The van der Waals surface area contributed by atoms with Crippen LogP contribution in [0.15, 0.2) is 0 Å². The molecule has 52 valence electrons. The predicted octanol–water partition coefficient (Wildman–Crippen LogP) is -1.24. The molecule has 9 heavy (non-hydrogen) atoms. The number of rotatable bonds is 0. The summed E-state index contributed by atoms with van der Waals surface area (Å²) >= 11 is 0. The standard InChI is InChI=1S/C5H10N2O2/c1-3-6-4(8)2-5(9)7-3/h3-4,6,8H,2H2,1H3,(H,7,9). The first-order valence-corrected chi connectivity index (χ1v) is 2.92. The first-order valence-electron chi connectivity index (χ1n) is 2.92. The lowest BCUT2D eigenvalue weighted by Crippen LogP contribution is -2.54. The molecule has 0 aromatic heterocycles. The maximum Gasteiger partial charge on any atom is 0.225 e. The minimum Gasteiger partial charge on any atom is -0.378 e. The van der Waals surface area contributed by atoms with E-state index in [9.17, 15) is 4.79 Å². The zero-order valence-electron chi connectivity index (χ0n) is 5.22. The summed E-state index contributed by atoms with van der Waals surface area (Å²) in [5, 5.41) is 14.2. The number of nitrogens with one attached hydrogen (secondary N) is 2. The number of hydrogen-bond acceptors (Lipinski definition) is 3. The lowest BCUT2D eigenvalue weighted by Gasteiger charge is -2.25. The van der Waals surface area contributed by atoms with Crippen molar-refractivity contribution in [2.45, 2.75) is 25.7 Å². The van der Waals surface area contributed by atoms with Gasteiger partial charge in [-0.15, -0.1) is 0 Å². The van der Waals surface area contributed by atoms with Gasteiger partial charge < -0.3 is 10.4 Å². The van der Waals surface area contributed by atoms with E-state index >= 15 is 0 Å². The molecule has 1 aliphatic rings. The molecule has 0 aromatic carbocycles. The van der Waals surface area contributed by atoms with Gasteiger partial charge in [0, 0.05) is 0 Å². The van der Waals surface area contributed by atoms with Gasteiger partial charge >= 0.3 is 0 Å². The fourth-order valence-electron chi connectivity index (χ4n) is 0.865. The van der Waals surface area contributed by atoms with Crippen molar-refractivity contribution in [3.05, 3.63) is 0 Å². The van der Waals surface area contributed by atoms with E-state index in [1.54, 1.807) is 6.92 Å². The van der Waals surface area contributed by atoms with E-state index in [0.29, 0.717) is 0 Å². The molecular formula is C5H10N2O2. The summed E-state index contributed by atoms with van der Waals surface area (Å²) in [7, 11) is 0. The van der Waals surface area contributed by atoms with Crippen LogP contribution in [0, 0.1) is 0 Å². The topological polar surface area (TPSA) is 61.4 Å². The molecule has 1 fully saturated rings. The number of aliphatic hydroxyl groups excluding tert-OH is 1. The van der Waals surface area contributed by atoms with Gasteiger partial charge in [-0.05, 0) is 6.92 Å². The second-order valence-corrected chi connectivity index (χ2v) is 2.18. The highest BCUT2D eigenvalue weighted by Crippen LogP contribution is 1.95. The molecule has 2 unspecified atom stereocenters. The maximum absolute atomic E-state index is 10.6. The van der Waals surface area contributed by atoms with Crippen LogP contribution in [-0.2, 0) is 4.79 Å². The van der Waals surface area contributed by atoms with Crippen molar-refractivity contribution in [2.24, 2.45) is 0 Å². The molecular weight excluding hydrogens is 120 g/mol. The number of aliphatic hydroxyl groups is 1. The Bertz CT molecular complexity index is 114. The maximum atomic E-state index is 10.6. The molecule has 1 aliphatic heterocycles. The van der Waals surface area contributed by atoms with Gasteiger partial charge in [0.05, 0.1) is 12.6 Å². The van der Waals surface area contributed by atoms with Gasteiger partial charge in [-0.2, -0.15) is 0 Å². The van der Waals surface area contributed by atoms with Crippen molar-refractivity contribution < 1.29 is 9.90 Å². The van der Waals surface area contributed by atoms with Gasteiger partial charge in [0.1, 0.15) is 6.23 Å². The number of carbonyl (C=O) groups is 1. The smallest absolute Gasteiger partial charge is 0.225 e. The van der Waals surface area contributed by atoms with Crippen LogP contribution in [0.5, 0.6) is 0 Å². The molecule has 0 aromatic rings. The third-order valence-electron chi connectivity index (χ3n) is 1.20. The fraction of sp³-hybridized carbons (Fsp3) is 0.800. The minimum atomic E-state index is -0.672. The van der Waals surface area contributed by atoms with Gasteiger partial charge in [-0.1, -0.05) is 0 Å². The van der Waals surface area contributed by atoms with Gasteiger partial charge in [0.15, 0.2) is 0 Å². The van der Waals surface area contributed by atoms with Crippen molar-refractivity contribution in [1.82, 2.24) is 10.6 Å². The van der Waals surface area contributed by atoms with Crippen molar-refractivity contribution in [3.8, 4) is 0 Å². The third-order valence-corrected chi connectivity index (χ3v) is 1.20. The Labute approximate surface area is 53.2 Å². The summed E-state index contributed by atoms with van der Waals surface area (Å²) in [5.74, 6) is -0.103. The minimum absolute atomic E-state index is 0.103. The Kier molecular flexibility index (Phi) is 1.68. The largest absolute Gasteiger partial charge is 0.378 e. The van der Waals surface area contributed by atoms with E-state index in [2.05, 4.69) is 10.6 Å². The molecule has 1 amide bonds. The van der Waals surface area contributed by atoms with Crippen LogP contribution in [0.1, 0.15) is 13.3 Å². The third kappa shape index (κ3) is 1.65. The predicted molar refractivity (Wildman–Crippen MR) is 31.4 cm³/mol. The molecule has 4 nitrogen and oxygen atoms in total. The Hall–Kier alpha value is -0.610. The average molecular weight is 130 g/mol. The van der Waals surface area contributed by atoms with Gasteiger partial charge in [0.25, 0.3) is 0 Å². The van der Waals surface area contributed by atoms with E-state index in [1.165, 1.54) is 0 Å². The molecule has 2 atom stereocenters. The number of hydrogen-bond donors (Lipinski definition) is 3. The highest BCUT2D eigenvalue weighted by molar-refractivity contribution is 5.77. The molecule has 1 rings (SSSR count). The Morgan fingerprint density at radius 2 is 2.44 bits per heavy atom. The SMILES string of the molecule is CC1NC(=O)CC(O)N1. The van der Waals surface area contributed by atoms with Crippen LogP contribution in [0.25, 0.3) is 0 Å². The molecule has 0 spiro atoms. The van der Waals surface area contributed by atoms with Crippen LogP contribution in [0.4, 0.5) is 0 Å². The Morgan fingerprint density at radius 3 is 2.89 bits per heavy atom. The molecule has 1 saturated heterocycles. The van der Waals surface area contributed by atoms with Gasteiger partial charge in [0.2, 0.25) is 5.91 Å². The first kappa shape index (κ1) is 6.51. The lowest BCUT2D eigenvalue weighted by atomic mass is 10.3. The quantitative estimate of drug-likeness (QED) is 0.384. The van der Waals surface area contributed by atoms with Crippen molar-refractivity contribution in [2.75, 3.05) is 0 Å². The van der Waals surface area contributed by atoms with Crippen molar-refractivity contribution in [3.63, 3.8) is 0 Å². The molecule has 0 bridgehead atoms. The van der Waals surface area contributed by atoms with E-state index < -0.39 is 6.23 Å². The molecule has 0 aliphatic carbocycles. The normalized spacial score (nSPS) is 36.0. The van der Waals surface area contributed by atoms with Crippen LogP contribution >= 0.6 is 0 Å². The molecule has 3 N–H and O–H groups in total. The lowest BCUT2D eigenvalue weighted by molar-refractivity contribution is -0.127. The van der Waals surface area contributed by atoms with E-state index in [4.69, 9.17) is 5.11 Å². The second kappa shape index (κ2) is 2.33. The molecule has 4 heteroatoms. The van der Waals surface area contributed by atoms with Crippen LogP contribution in [-0.4, -0.2) is 23.4 Å². The summed E-state index contributed by atoms with van der Waals surface area (Å²) in [6, 6.07) is 0. The molecule has 1 heterocycles. The van der Waals surface area contributed by atoms with Crippen molar-refractivity contribution >= 4 is 5.91 Å². The van der Waals surface area contributed by atoms with E-state index in [1.807, 2.05) is 0 Å². The van der Waals surface area contributed by atoms with Gasteiger partial charge in [-0.25, -0.2) is 0 Å². The Morgan fingerprint density at radius 1 is 1.78 bits per heavy atom. The van der Waals surface area contributed by atoms with Crippen LogP contribution in [0.2, 0.25) is 0 Å². The summed E-state index contributed by atoms with van der Waals surface area (Å²) in [6.45, 7) is 1.78. The summed E-state index contributed by atoms with van der Waals surface area (Å²) < 4.78 is 0. The first-order chi connectivity index (χ1) is 4.18. The zero-order chi connectivity index (χ0) is 6.85.